The van der Waals surface area contributed by atoms with Crippen molar-refractivity contribution in [2.45, 2.75) is 25.0 Å². The van der Waals surface area contributed by atoms with Crippen LogP contribution in [0.2, 0.25) is 0 Å². The molecular weight excluding hydrogens is 342 g/mol. The first-order valence-corrected chi connectivity index (χ1v) is 9.66. The molecule has 2 aromatic heterocycles. The van der Waals surface area contributed by atoms with Gasteiger partial charge in [0.1, 0.15) is 10.8 Å². The van der Waals surface area contributed by atoms with Crippen molar-refractivity contribution >= 4 is 27.2 Å². The molecule has 0 aliphatic heterocycles. The molecule has 0 unspecified atom stereocenters. The Morgan fingerprint density at radius 3 is 2.38 bits per heavy atom. The van der Waals surface area contributed by atoms with Crippen molar-refractivity contribution in [2.24, 2.45) is 0 Å². The first-order chi connectivity index (χ1) is 11.3. The molecule has 1 aromatic carbocycles. The Balaban J connectivity index is 1.97. The van der Waals surface area contributed by atoms with Crippen LogP contribution in [0.1, 0.15) is 17.0 Å². The second kappa shape index (κ2) is 6.33. The zero-order valence-corrected chi connectivity index (χ0v) is 15.2. The molecule has 3 rings (SSSR count). The van der Waals surface area contributed by atoms with Crippen LogP contribution in [0.15, 0.2) is 46.7 Å². The fourth-order valence-electron chi connectivity index (χ4n) is 2.41. The number of thiazole rings is 1. The van der Waals surface area contributed by atoms with Gasteiger partial charge in [-0.25, -0.2) is 18.4 Å². The Bertz CT molecular complexity index is 960. The molecule has 7 heteroatoms. The third-order valence-electron chi connectivity index (χ3n) is 3.36. The maximum Gasteiger partial charge on any atom is 0.274 e. The second-order valence-corrected chi connectivity index (χ2v) is 8.41. The summed E-state index contributed by atoms with van der Waals surface area (Å²) in [5, 5.41) is 0.682. The lowest BCUT2D eigenvalue weighted by Crippen LogP contribution is -2.14. The fraction of sp³-hybridized carbons (Fsp3) is 0.176. The molecule has 0 atom stereocenters. The molecule has 0 fully saturated rings. The van der Waals surface area contributed by atoms with Crippen LogP contribution in [-0.4, -0.2) is 18.4 Å². The first kappa shape index (κ1) is 16.6. The highest BCUT2D eigenvalue weighted by atomic mass is 32.2. The molecule has 2 heterocycles. The summed E-state index contributed by atoms with van der Waals surface area (Å²) in [7, 11) is -3.72. The highest BCUT2D eigenvalue weighted by Crippen LogP contribution is 2.31. The number of hydrogen-bond donors (Lipinski definition) is 1. The number of sulfonamides is 1. The summed E-state index contributed by atoms with van der Waals surface area (Å²) in [6, 6.07) is 13.1. The average molecular weight is 359 g/mol. The quantitative estimate of drug-likeness (QED) is 0.766. The van der Waals surface area contributed by atoms with Crippen LogP contribution in [0.3, 0.4) is 0 Å². The van der Waals surface area contributed by atoms with E-state index >= 15 is 0 Å². The Morgan fingerprint density at radius 2 is 1.71 bits per heavy atom. The molecule has 0 radical (unpaired) electrons. The van der Waals surface area contributed by atoms with Gasteiger partial charge in [-0.2, -0.15) is 0 Å². The molecule has 0 aliphatic rings. The maximum atomic E-state index is 12.7. The minimum atomic E-state index is -3.72. The van der Waals surface area contributed by atoms with Gasteiger partial charge >= 0.3 is 0 Å². The summed E-state index contributed by atoms with van der Waals surface area (Å²) in [6.07, 6.45) is 0. The molecular formula is C17H17N3O2S2. The number of aromatic nitrogens is 2. The predicted molar refractivity (Wildman–Crippen MR) is 96.8 cm³/mol. The van der Waals surface area contributed by atoms with Crippen LogP contribution in [0, 0.1) is 20.8 Å². The Labute approximate surface area is 145 Å². The second-order valence-electron chi connectivity index (χ2n) is 5.53. The lowest BCUT2D eigenvalue weighted by molar-refractivity contribution is 0.602. The molecule has 0 saturated carbocycles. The molecule has 3 aromatic rings. The Kier molecular flexibility index (Phi) is 4.38. The van der Waals surface area contributed by atoms with E-state index in [1.165, 1.54) is 0 Å². The molecule has 24 heavy (non-hydrogen) atoms. The summed E-state index contributed by atoms with van der Waals surface area (Å²) in [6.45, 7) is 5.43. The highest BCUT2D eigenvalue weighted by molar-refractivity contribution is 7.94. The van der Waals surface area contributed by atoms with Gasteiger partial charge in [0.2, 0.25) is 0 Å². The number of hydrogen-bond acceptors (Lipinski definition) is 5. The maximum absolute atomic E-state index is 12.7. The standard InChI is InChI=1S/C17H17N3O2S2/c1-11-9-12(2)18-15(10-11)20-24(21,22)17-13(3)19-16(23-17)14-7-5-4-6-8-14/h4-10H,1-3H3,(H,18,20). The molecule has 0 saturated heterocycles. The van der Waals surface area contributed by atoms with Crippen molar-refractivity contribution in [1.82, 2.24) is 9.97 Å². The van der Waals surface area contributed by atoms with Gasteiger partial charge in [-0.1, -0.05) is 30.3 Å². The number of anilines is 1. The number of aryl methyl sites for hydroxylation is 3. The molecule has 0 amide bonds. The number of rotatable bonds is 4. The van der Waals surface area contributed by atoms with Gasteiger partial charge in [0.15, 0.2) is 4.21 Å². The van der Waals surface area contributed by atoms with Crippen molar-refractivity contribution in [3.05, 3.63) is 59.4 Å². The van der Waals surface area contributed by atoms with Gasteiger partial charge in [-0.05, 0) is 38.5 Å². The van der Waals surface area contributed by atoms with Crippen molar-refractivity contribution in [3.63, 3.8) is 0 Å². The van der Waals surface area contributed by atoms with E-state index in [-0.39, 0.29) is 4.21 Å². The predicted octanol–water partition coefficient (Wildman–Crippen LogP) is 3.93. The third-order valence-corrected chi connectivity index (χ3v) is 6.53. The smallest absolute Gasteiger partial charge is 0.263 e. The van der Waals surface area contributed by atoms with E-state index in [1.807, 2.05) is 50.2 Å². The summed E-state index contributed by atoms with van der Waals surface area (Å²) in [5.74, 6) is 0.321. The van der Waals surface area contributed by atoms with Crippen molar-refractivity contribution in [2.75, 3.05) is 4.72 Å². The van der Waals surface area contributed by atoms with E-state index in [0.29, 0.717) is 16.5 Å². The van der Waals surface area contributed by atoms with Crippen molar-refractivity contribution in [3.8, 4) is 10.6 Å². The highest BCUT2D eigenvalue weighted by Gasteiger charge is 2.23. The summed E-state index contributed by atoms with van der Waals surface area (Å²) < 4.78 is 28.2. The molecule has 0 aliphatic carbocycles. The van der Waals surface area contributed by atoms with E-state index in [4.69, 9.17) is 0 Å². The normalized spacial score (nSPS) is 11.5. The number of pyridine rings is 1. The lowest BCUT2D eigenvalue weighted by Gasteiger charge is -2.07. The van der Waals surface area contributed by atoms with E-state index in [2.05, 4.69) is 14.7 Å². The average Bonchev–Trinajstić information content (AvgIpc) is 2.89. The monoisotopic (exact) mass is 359 g/mol. The van der Waals surface area contributed by atoms with Gasteiger partial charge in [-0.15, -0.1) is 11.3 Å². The van der Waals surface area contributed by atoms with Gasteiger partial charge in [0, 0.05) is 11.3 Å². The largest absolute Gasteiger partial charge is 0.274 e. The number of nitrogens with one attached hydrogen (secondary N) is 1. The molecule has 0 bridgehead atoms. The lowest BCUT2D eigenvalue weighted by atomic mass is 10.2. The zero-order valence-electron chi connectivity index (χ0n) is 13.6. The van der Waals surface area contributed by atoms with E-state index in [1.54, 1.807) is 13.0 Å². The van der Waals surface area contributed by atoms with Gasteiger partial charge < -0.3 is 0 Å². The van der Waals surface area contributed by atoms with Gasteiger partial charge in [0.25, 0.3) is 10.0 Å². The fourth-order valence-corrected chi connectivity index (χ4v) is 4.93. The van der Waals surface area contributed by atoms with E-state index < -0.39 is 10.0 Å². The van der Waals surface area contributed by atoms with Crippen molar-refractivity contribution in [1.29, 1.82) is 0 Å². The molecule has 124 valence electrons. The minimum Gasteiger partial charge on any atom is -0.263 e. The first-order valence-electron chi connectivity index (χ1n) is 7.36. The SMILES string of the molecule is Cc1cc(C)nc(NS(=O)(=O)c2sc(-c3ccccc3)nc2C)c1. The van der Waals surface area contributed by atoms with Crippen LogP contribution in [0.5, 0.6) is 0 Å². The van der Waals surface area contributed by atoms with Crippen LogP contribution < -0.4 is 4.72 Å². The van der Waals surface area contributed by atoms with Crippen molar-refractivity contribution < 1.29 is 8.42 Å². The molecule has 5 nitrogen and oxygen atoms in total. The minimum absolute atomic E-state index is 0.210. The zero-order chi connectivity index (χ0) is 17.3. The number of benzene rings is 1. The van der Waals surface area contributed by atoms with Crippen LogP contribution in [0.25, 0.3) is 10.6 Å². The van der Waals surface area contributed by atoms with Crippen LogP contribution in [-0.2, 0) is 10.0 Å². The number of nitrogens with zero attached hydrogens (tertiary/aromatic N) is 2. The Hall–Kier alpha value is -2.25. The van der Waals surface area contributed by atoms with E-state index in [0.717, 1.165) is 28.2 Å². The molecule has 0 spiro atoms. The topological polar surface area (TPSA) is 72.0 Å². The van der Waals surface area contributed by atoms with Crippen LogP contribution >= 0.6 is 11.3 Å². The van der Waals surface area contributed by atoms with Gasteiger partial charge in [-0.3, -0.25) is 4.72 Å². The summed E-state index contributed by atoms with van der Waals surface area (Å²) >= 11 is 1.16. The third kappa shape index (κ3) is 3.47. The van der Waals surface area contributed by atoms with E-state index in [9.17, 15) is 8.42 Å². The molecule has 1 N–H and O–H groups in total. The summed E-state index contributed by atoms with van der Waals surface area (Å²) in [5.41, 5.74) is 3.09. The Morgan fingerprint density at radius 1 is 1.00 bits per heavy atom. The van der Waals surface area contributed by atoms with Crippen LogP contribution in [0.4, 0.5) is 5.82 Å². The summed E-state index contributed by atoms with van der Waals surface area (Å²) in [4.78, 5) is 8.64. The van der Waals surface area contributed by atoms with Gasteiger partial charge in [0.05, 0.1) is 5.69 Å².